The summed E-state index contributed by atoms with van der Waals surface area (Å²) in [6, 6.07) is 1.48. The van der Waals surface area contributed by atoms with E-state index in [0.29, 0.717) is 0 Å². The van der Waals surface area contributed by atoms with Gasteiger partial charge in [-0.25, -0.2) is 0 Å². The summed E-state index contributed by atoms with van der Waals surface area (Å²) in [5.74, 6) is 0.912. The van der Waals surface area contributed by atoms with Crippen LogP contribution in [-0.4, -0.2) is 61.2 Å². The van der Waals surface area contributed by atoms with E-state index < -0.39 is 0 Å². The van der Waals surface area contributed by atoms with Crippen LogP contribution in [0, 0.1) is 5.92 Å². The van der Waals surface area contributed by atoms with E-state index in [1.54, 1.807) is 0 Å². The summed E-state index contributed by atoms with van der Waals surface area (Å²) in [5.41, 5.74) is 0. The van der Waals surface area contributed by atoms with Crippen molar-refractivity contribution in [3.05, 3.63) is 0 Å². The molecule has 2 saturated heterocycles. The van der Waals surface area contributed by atoms with Gasteiger partial charge in [0.1, 0.15) is 0 Å². The maximum Gasteiger partial charge on any atom is 0.00766 e. The molecule has 0 radical (unpaired) electrons. The Morgan fingerprint density at radius 2 is 2.00 bits per heavy atom. The molecule has 2 atom stereocenters. The predicted molar refractivity (Wildman–Crippen MR) is 82.6 cm³/mol. The summed E-state index contributed by atoms with van der Waals surface area (Å²) in [6.45, 7) is 14.7. The zero-order chi connectivity index (χ0) is 13.7. The molecule has 2 aliphatic rings. The zero-order valence-corrected chi connectivity index (χ0v) is 13.2. The molecule has 0 aliphatic carbocycles. The summed E-state index contributed by atoms with van der Waals surface area (Å²) in [4.78, 5) is 5.38. The Hall–Kier alpha value is -0.120. The third-order valence-corrected chi connectivity index (χ3v) is 4.93. The molecule has 0 amide bonds. The van der Waals surface area contributed by atoms with Crippen LogP contribution in [0.2, 0.25) is 0 Å². The van der Waals surface area contributed by atoms with Gasteiger partial charge in [0, 0.05) is 25.2 Å². The Labute approximate surface area is 119 Å². The Balaban J connectivity index is 1.75. The molecule has 112 valence electrons. The van der Waals surface area contributed by atoms with E-state index in [9.17, 15) is 0 Å². The standard InChI is InChI=1S/C16H33N3/c1-4-16-7-10-18(9-5-8-17-16)12-15-6-11-19(13-15)14(2)3/h14-17H,4-13H2,1-3H3. The van der Waals surface area contributed by atoms with Gasteiger partial charge in [-0.1, -0.05) is 6.92 Å². The fourth-order valence-corrected chi connectivity index (χ4v) is 3.54. The van der Waals surface area contributed by atoms with Crippen LogP contribution in [-0.2, 0) is 0 Å². The van der Waals surface area contributed by atoms with Gasteiger partial charge in [0.15, 0.2) is 0 Å². The van der Waals surface area contributed by atoms with Crippen LogP contribution in [0.25, 0.3) is 0 Å². The average molecular weight is 267 g/mol. The van der Waals surface area contributed by atoms with Crippen molar-refractivity contribution in [1.29, 1.82) is 0 Å². The van der Waals surface area contributed by atoms with Gasteiger partial charge in [-0.15, -0.1) is 0 Å². The van der Waals surface area contributed by atoms with Crippen molar-refractivity contribution in [2.45, 2.75) is 58.5 Å². The lowest BCUT2D eigenvalue weighted by Crippen LogP contribution is -2.41. The van der Waals surface area contributed by atoms with Crippen LogP contribution < -0.4 is 5.32 Å². The van der Waals surface area contributed by atoms with Crippen molar-refractivity contribution in [3.8, 4) is 0 Å². The van der Waals surface area contributed by atoms with E-state index in [1.807, 2.05) is 0 Å². The highest BCUT2D eigenvalue weighted by Gasteiger charge is 2.26. The molecule has 0 spiro atoms. The lowest BCUT2D eigenvalue weighted by atomic mass is 10.1. The summed E-state index contributed by atoms with van der Waals surface area (Å²) in [7, 11) is 0. The molecule has 0 saturated carbocycles. The Kier molecular flexibility index (Phi) is 6.11. The SMILES string of the molecule is CCC1CCN(CC2CCN(C(C)C)C2)CCCN1. The first-order valence-electron chi connectivity index (χ1n) is 8.38. The molecule has 2 aliphatic heterocycles. The molecule has 2 rings (SSSR count). The third kappa shape index (κ3) is 4.73. The average Bonchev–Trinajstić information content (AvgIpc) is 2.82. The summed E-state index contributed by atoms with van der Waals surface area (Å²) >= 11 is 0. The fraction of sp³-hybridized carbons (Fsp3) is 1.00. The van der Waals surface area contributed by atoms with Crippen molar-refractivity contribution in [1.82, 2.24) is 15.1 Å². The van der Waals surface area contributed by atoms with E-state index in [2.05, 4.69) is 35.9 Å². The first kappa shape index (κ1) is 15.3. The molecule has 2 heterocycles. The quantitative estimate of drug-likeness (QED) is 0.842. The van der Waals surface area contributed by atoms with Gasteiger partial charge in [0.25, 0.3) is 0 Å². The molecule has 0 aromatic rings. The summed E-state index contributed by atoms with van der Waals surface area (Å²) in [5, 5.41) is 3.67. The monoisotopic (exact) mass is 267 g/mol. The van der Waals surface area contributed by atoms with Gasteiger partial charge >= 0.3 is 0 Å². The fourth-order valence-electron chi connectivity index (χ4n) is 3.54. The van der Waals surface area contributed by atoms with Crippen molar-refractivity contribution >= 4 is 0 Å². The van der Waals surface area contributed by atoms with Crippen molar-refractivity contribution in [2.24, 2.45) is 5.92 Å². The van der Waals surface area contributed by atoms with Gasteiger partial charge in [-0.2, -0.15) is 0 Å². The molecular weight excluding hydrogens is 234 g/mol. The largest absolute Gasteiger partial charge is 0.314 e. The molecule has 0 bridgehead atoms. The van der Waals surface area contributed by atoms with E-state index in [-0.39, 0.29) is 0 Å². The number of nitrogens with one attached hydrogen (secondary N) is 1. The molecule has 0 aromatic heterocycles. The van der Waals surface area contributed by atoms with Crippen LogP contribution in [0.5, 0.6) is 0 Å². The lowest BCUT2D eigenvalue weighted by molar-refractivity contribution is 0.193. The first-order valence-corrected chi connectivity index (χ1v) is 8.38. The van der Waals surface area contributed by atoms with Gasteiger partial charge in [-0.05, 0) is 71.6 Å². The van der Waals surface area contributed by atoms with Crippen molar-refractivity contribution in [3.63, 3.8) is 0 Å². The van der Waals surface area contributed by atoms with E-state index in [1.165, 1.54) is 65.0 Å². The maximum absolute atomic E-state index is 3.67. The van der Waals surface area contributed by atoms with Crippen molar-refractivity contribution < 1.29 is 0 Å². The highest BCUT2D eigenvalue weighted by molar-refractivity contribution is 4.81. The maximum atomic E-state index is 3.67. The van der Waals surface area contributed by atoms with Gasteiger partial charge in [-0.3, -0.25) is 0 Å². The summed E-state index contributed by atoms with van der Waals surface area (Å²) < 4.78 is 0. The van der Waals surface area contributed by atoms with Gasteiger partial charge in [0.2, 0.25) is 0 Å². The Bertz CT molecular complexity index is 254. The molecule has 1 N–H and O–H groups in total. The van der Waals surface area contributed by atoms with E-state index >= 15 is 0 Å². The van der Waals surface area contributed by atoms with Gasteiger partial charge < -0.3 is 15.1 Å². The molecule has 3 nitrogen and oxygen atoms in total. The highest BCUT2D eigenvalue weighted by atomic mass is 15.2. The number of rotatable bonds is 4. The van der Waals surface area contributed by atoms with E-state index in [4.69, 9.17) is 0 Å². The smallest absolute Gasteiger partial charge is 0.00766 e. The molecule has 2 unspecified atom stereocenters. The Morgan fingerprint density at radius 3 is 2.68 bits per heavy atom. The predicted octanol–water partition coefficient (Wildman–Crippen LogP) is 2.18. The first-order chi connectivity index (χ1) is 9.19. The molecule has 3 heteroatoms. The van der Waals surface area contributed by atoms with Crippen LogP contribution in [0.3, 0.4) is 0 Å². The topological polar surface area (TPSA) is 18.5 Å². The molecule has 0 aromatic carbocycles. The minimum atomic E-state index is 0.728. The number of likely N-dealkylation sites (tertiary alicyclic amines) is 1. The molecular formula is C16H33N3. The van der Waals surface area contributed by atoms with Crippen molar-refractivity contribution in [2.75, 3.05) is 39.3 Å². The van der Waals surface area contributed by atoms with Crippen LogP contribution in [0.15, 0.2) is 0 Å². The van der Waals surface area contributed by atoms with Crippen LogP contribution in [0.1, 0.15) is 46.5 Å². The van der Waals surface area contributed by atoms with Crippen LogP contribution >= 0.6 is 0 Å². The zero-order valence-electron chi connectivity index (χ0n) is 13.2. The second-order valence-electron chi connectivity index (χ2n) is 6.75. The minimum absolute atomic E-state index is 0.728. The van der Waals surface area contributed by atoms with Crippen LogP contribution in [0.4, 0.5) is 0 Å². The Morgan fingerprint density at radius 1 is 1.16 bits per heavy atom. The minimum Gasteiger partial charge on any atom is -0.314 e. The second-order valence-corrected chi connectivity index (χ2v) is 6.75. The van der Waals surface area contributed by atoms with E-state index in [0.717, 1.165) is 18.0 Å². The highest BCUT2D eigenvalue weighted by Crippen LogP contribution is 2.20. The normalized spacial score (nSPS) is 31.6. The third-order valence-electron chi connectivity index (χ3n) is 4.93. The number of hydrogen-bond donors (Lipinski definition) is 1. The number of nitrogens with zero attached hydrogens (tertiary/aromatic N) is 2. The van der Waals surface area contributed by atoms with Gasteiger partial charge in [0.05, 0.1) is 0 Å². The lowest BCUT2D eigenvalue weighted by Gasteiger charge is -2.30. The number of hydrogen-bond acceptors (Lipinski definition) is 3. The summed E-state index contributed by atoms with van der Waals surface area (Å²) in [6.07, 6.45) is 5.33. The molecule has 2 fully saturated rings. The second kappa shape index (κ2) is 7.61. The molecule has 19 heavy (non-hydrogen) atoms.